The van der Waals surface area contributed by atoms with Crippen LogP contribution in [0.3, 0.4) is 0 Å². The van der Waals surface area contributed by atoms with Gasteiger partial charge in [0.1, 0.15) is 18.1 Å². The SMILES string of the molecule is O=[N+]([O-])c1ccc(Br)c(OCc2ccc(O)cc2)c1. The minimum Gasteiger partial charge on any atom is -0.508 e. The molecule has 5 nitrogen and oxygen atoms in total. The van der Waals surface area contributed by atoms with E-state index in [0.717, 1.165) is 5.56 Å². The average molecular weight is 324 g/mol. The quantitative estimate of drug-likeness (QED) is 0.688. The van der Waals surface area contributed by atoms with Crippen molar-refractivity contribution < 1.29 is 14.8 Å². The highest BCUT2D eigenvalue weighted by Crippen LogP contribution is 2.29. The molecule has 0 amide bonds. The van der Waals surface area contributed by atoms with Crippen LogP contribution in [-0.4, -0.2) is 10.0 Å². The van der Waals surface area contributed by atoms with Crippen LogP contribution in [0.1, 0.15) is 5.56 Å². The number of rotatable bonds is 4. The van der Waals surface area contributed by atoms with Gasteiger partial charge in [0.25, 0.3) is 5.69 Å². The summed E-state index contributed by atoms with van der Waals surface area (Å²) in [5.41, 5.74) is 0.833. The Morgan fingerprint density at radius 2 is 1.89 bits per heavy atom. The third kappa shape index (κ3) is 3.45. The molecule has 0 saturated heterocycles. The largest absolute Gasteiger partial charge is 0.508 e. The van der Waals surface area contributed by atoms with Crippen LogP contribution < -0.4 is 4.74 Å². The summed E-state index contributed by atoms with van der Waals surface area (Å²) in [6.45, 7) is 0.264. The van der Waals surface area contributed by atoms with Crippen molar-refractivity contribution in [3.05, 3.63) is 62.6 Å². The van der Waals surface area contributed by atoms with E-state index in [2.05, 4.69) is 15.9 Å². The van der Waals surface area contributed by atoms with Crippen LogP contribution in [0.25, 0.3) is 0 Å². The summed E-state index contributed by atoms with van der Waals surface area (Å²) in [6, 6.07) is 10.9. The zero-order valence-corrected chi connectivity index (χ0v) is 11.3. The molecular weight excluding hydrogens is 314 g/mol. The van der Waals surface area contributed by atoms with E-state index < -0.39 is 4.92 Å². The number of nitro groups is 1. The van der Waals surface area contributed by atoms with Crippen molar-refractivity contribution in [1.82, 2.24) is 0 Å². The maximum Gasteiger partial charge on any atom is 0.273 e. The van der Waals surface area contributed by atoms with E-state index in [4.69, 9.17) is 9.84 Å². The van der Waals surface area contributed by atoms with Gasteiger partial charge >= 0.3 is 0 Å². The number of benzene rings is 2. The Morgan fingerprint density at radius 1 is 1.21 bits per heavy atom. The van der Waals surface area contributed by atoms with Gasteiger partial charge in [-0.1, -0.05) is 12.1 Å². The van der Waals surface area contributed by atoms with Crippen molar-refractivity contribution in [1.29, 1.82) is 0 Å². The molecule has 98 valence electrons. The first-order valence-electron chi connectivity index (χ1n) is 5.41. The minimum atomic E-state index is -0.472. The molecule has 0 radical (unpaired) electrons. The topological polar surface area (TPSA) is 72.6 Å². The Morgan fingerprint density at radius 3 is 2.53 bits per heavy atom. The van der Waals surface area contributed by atoms with Crippen molar-refractivity contribution in [2.45, 2.75) is 6.61 Å². The fourth-order valence-corrected chi connectivity index (χ4v) is 1.83. The number of phenolic OH excluding ortho intramolecular Hbond substituents is 1. The zero-order valence-electron chi connectivity index (χ0n) is 9.75. The molecule has 2 aromatic carbocycles. The molecule has 1 N–H and O–H groups in total. The van der Waals surface area contributed by atoms with Crippen LogP contribution in [0.15, 0.2) is 46.9 Å². The lowest BCUT2D eigenvalue weighted by Crippen LogP contribution is -1.97. The number of hydrogen-bond donors (Lipinski definition) is 1. The van der Waals surface area contributed by atoms with Gasteiger partial charge in [0.05, 0.1) is 15.5 Å². The Hall–Kier alpha value is -2.08. The lowest BCUT2D eigenvalue weighted by atomic mass is 10.2. The lowest BCUT2D eigenvalue weighted by molar-refractivity contribution is -0.385. The second-order valence-corrected chi connectivity index (χ2v) is 4.68. The number of halogens is 1. The van der Waals surface area contributed by atoms with E-state index in [-0.39, 0.29) is 18.0 Å². The summed E-state index contributed by atoms with van der Waals surface area (Å²) in [5, 5.41) is 19.8. The third-order valence-corrected chi connectivity index (χ3v) is 3.11. The van der Waals surface area contributed by atoms with Gasteiger partial charge in [0.2, 0.25) is 0 Å². The number of nitro benzene ring substituents is 1. The van der Waals surface area contributed by atoms with Crippen molar-refractivity contribution >= 4 is 21.6 Å². The van der Waals surface area contributed by atoms with Crippen LogP contribution >= 0.6 is 15.9 Å². The molecule has 6 heteroatoms. The summed E-state index contributed by atoms with van der Waals surface area (Å²) in [5.74, 6) is 0.586. The summed E-state index contributed by atoms with van der Waals surface area (Å²) >= 11 is 3.28. The maximum atomic E-state index is 10.7. The molecular formula is C13H10BrNO4. The molecule has 0 aliphatic carbocycles. The fraction of sp³-hybridized carbons (Fsp3) is 0.0769. The highest BCUT2D eigenvalue weighted by molar-refractivity contribution is 9.10. The number of non-ortho nitro benzene ring substituents is 1. The minimum absolute atomic E-state index is 0.0242. The first-order valence-corrected chi connectivity index (χ1v) is 6.20. The summed E-state index contributed by atoms with van der Waals surface area (Å²) < 4.78 is 6.17. The highest BCUT2D eigenvalue weighted by Gasteiger charge is 2.10. The fourth-order valence-electron chi connectivity index (χ4n) is 1.47. The van der Waals surface area contributed by atoms with Gasteiger partial charge in [0, 0.05) is 6.07 Å². The molecule has 0 aromatic heterocycles. The summed E-state index contributed by atoms with van der Waals surface area (Å²) in [7, 11) is 0. The molecule has 0 heterocycles. The van der Waals surface area contributed by atoms with Crippen molar-refractivity contribution in [3.63, 3.8) is 0 Å². The van der Waals surface area contributed by atoms with Crippen molar-refractivity contribution in [2.75, 3.05) is 0 Å². The third-order valence-electron chi connectivity index (χ3n) is 2.46. The summed E-state index contributed by atoms with van der Waals surface area (Å²) in [4.78, 5) is 10.2. The maximum absolute atomic E-state index is 10.7. The van der Waals surface area contributed by atoms with E-state index in [0.29, 0.717) is 10.2 Å². The van der Waals surface area contributed by atoms with E-state index in [1.165, 1.54) is 12.1 Å². The Bertz CT molecular complexity index is 598. The van der Waals surface area contributed by atoms with E-state index in [1.807, 2.05) is 0 Å². The molecule has 0 bridgehead atoms. The lowest BCUT2D eigenvalue weighted by Gasteiger charge is -2.08. The van der Waals surface area contributed by atoms with Gasteiger partial charge in [-0.15, -0.1) is 0 Å². The first kappa shape index (κ1) is 13.4. The molecule has 0 saturated carbocycles. The standard InChI is InChI=1S/C13H10BrNO4/c14-12-6-3-10(15(17)18)7-13(12)19-8-9-1-4-11(16)5-2-9/h1-7,16H,8H2. The molecule has 0 spiro atoms. The number of hydrogen-bond acceptors (Lipinski definition) is 4. The Balaban J connectivity index is 2.12. The molecule has 0 fully saturated rings. The highest BCUT2D eigenvalue weighted by atomic mass is 79.9. The molecule has 0 unspecified atom stereocenters. The van der Waals surface area contributed by atoms with E-state index in [1.54, 1.807) is 30.3 Å². The van der Waals surface area contributed by atoms with Gasteiger partial charge in [-0.3, -0.25) is 10.1 Å². The van der Waals surface area contributed by atoms with Crippen LogP contribution in [0.2, 0.25) is 0 Å². The van der Waals surface area contributed by atoms with Crippen LogP contribution in [-0.2, 0) is 6.61 Å². The number of ether oxygens (including phenoxy) is 1. The Labute approximate surface area is 117 Å². The number of phenols is 1. The number of nitrogens with zero attached hydrogens (tertiary/aromatic N) is 1. The van der Waals surface area contributed by atoms with E-state index >= 15 is 0 Å². The molecule has 2 aromatic rings. The van der Waals surface area contributed by atoms with Crippen LogP contribution in [0.5, 0.6) is 11.5 Å². The second kappa shape index (κ2) is 5.71. The van der Waals surface area contributed by atoms with Gasteiger partial charge in [0.15, 0.2) is 0 Å². The van der Waals surface area contributed by atoms with Gasteiger partial charge in [-0.2, -0.15) is 0 Å². The zero-order chi connectivity index (χ0) is 13.8. The normalized spacial score (nSPS) is 10.2. The number of aromatic hydroxyl groups is 1. The van der Waals surface area contributed by atoms with Crippen molar-refractivity contribution in [2.24, 2.45) is 0 Å². The smallest absolute Gasteiger partial charge is 0.273 e. The van der Waals surface area contributed by atoms with Crippen LogP contribution in [0, 0.1) is 10.1 Å². The van der Waals surface area contributed by atoms with Crippen molar-refractivity contribution in [3.8, 4) is 11.5 Å². The second-order valence-electron chi connectivity index (χ2n) is 3.83. The van der Waals surface area contributed by atoms with Crippen LogP contribution in [0.4, 0.5) is 5.69 Å². The summed E-state index contributed by atoms with van der Waals surface area (Å²) in [6.07, 6.45) is 0. The van der Waals surface area contributed by atoms with Gasteiger partial charge in [-0.05, 0) is 39.7 Å². The predicted octanol–water partition coefficient (Wildman–Crippen LogP) is 3.64. The van der Waals surface area contributed by atoms with E-state index in [9.17, 15) is 10.1 Å². The first-order chi connectivity index (χ1) is 9.06. The monoisotopic (exact) mass is 323 g/mol. The Kier molecular flexibility index (Phi) is 4.01. The van der Waals surface area contributed by atoms with Gasteiger partial charge in [-0.25, -0.2) is 0 Å². The molecule has 0 atom stereocenters. The predicted molar refractivity (Wildman–Crippen MR) is 73.2 cm³/mol. The molecule has 0 aliphatic rings. The molecule has 0 aliphatic heterocycles. The molecule has 2 rings (SSSR count). The molecule has 19 heavy (non-hydrogen) atoms. The van der Waals surface area contributed by atoms with Gasteiger partial charge < -0.3 is 9.84 Å². The average Bonchev–Trinajstić information content (AvgIpc) is 2.39.